The molecule has 0 spiro atoms. The van der Waals surface area contributed by atoms with Crippen LogP contribution in [0, 0.1) is 6.92 Å². The molecule has 2 rings (SSSR count). The second kappa shape index (κ2) is 5.42. The summed E-state index contributed by atoms with van der Waals surface area (Å²) >= 11 is 1.47. The zero-order valence-corrected chi connectivity index (χ0v) is 9.70. The first-order valence-corrected chi connectivity index (χ1v) is 5.70. The lowest BCUT2D eigenvalue weighted by molar-refractivity contribution is 0.567. The fraction of sp³-hybridized carbons (Fsp3) is 0.0833. The summed E-state index contributed by atoms with van der Waals surface area (Å²) in [7, 11) is 0. The van der Waals surface area contributed by atoms with Crippen LogP contribution in [0.2, 0.25) is 0 Å². The summed E-state index contributed by atoms with van der Waals surface area (Å²) in [4.78, 5) is 4.04. The molecule has 1 heterocycles. The fourth-order valence-corrected chi connectivity index (χ4v) is 1.62. The van der Waals surface area contributed by atoms with Crippen LogP contribution >= 0.6 is 11.9 Å². The number of hydrogen-bond donors (Lipinski definition) is 1. The highest BCUT2D eigenvalue weighted by Crippen LogP contribution is 2.14. The largest absolute Gasteiger partial charge is 0.472 e. The maximum Gasteiger partial charge on any atom is 0.0991 e. The van der Waals surface area contributed by atoms with Crippen LogP contribution in [0.4, 0.5) is 0 Å². The van der Waals surface area contributed by atoms with Gasteiger partial charge in [0.15, 0.2) is 0 Å². The standard InChI is InChI=1S/C12H12N2OS/c1-10-2-4-12(5-3-10)16-14-13-8-11-6-7-15-9-11/h2-9,14H,1H3/b13-8+. The number of benzene rings is 1. The van der Waals surface area contributed by atoms with Crippen molar-refractivity contribution < 1.29 is 4.42 Å². The van der Waals surface area contributed by atoms with Crippen molar-refractivity contribution in [3.63, 3.8) is 0 Å². The highest BCUT2D eigenvalue weighted by atomic mass is 32.2. The van der Waals surface area contributed by atoms with Gasteiger partial charge in [-0.25, -0.2) is 4.83 Å². The van der Waals surface area contributed by atoms with Gasteiger partial charge in [-0.15, -0.1) is 0 Å². The minimum absolute atomic E-state index is 0.942. The van der Waals surface area contributed by atoms with Gasteiger partial charge in [-0.1, -0.05) is 17.7 Å². The molecule has 3 nitrogen and oxygen atoms in total. The van der Waals surface area contributed by atoms with E-state index in [2.05, 4.69) is 41.1 Å². The number of hydrogen-bond acceptors (Lipinski definition) is 4. The average Bonchev–Trinajstić information content (AvgIpc) is 2.80. The van der Waals surface area contributed by atoms with Crippen molar-refractivity contribution in [2.75, 3.05) is 0 Å². The van der Waals surface area contributed by atoms with Crippen molar-refractivity contribution in [2.24, 2.45) is 5.10 Å². The molecule has 0 saturated heterocycles. The van der Waals surface area contributed by atoms with E-state index in [1.807, 2.05) is 6.07 Å². The van der Waals surface area contributed by atoms with E-state index in [-0.39, 0.29) is 0 Å². The summed E-state index contributed by atoms with van der Waals surface area (Å²) in [6.07, 6.45) is 4.97. The molecule has 0 saturated carbocycles. The van der Waals surface area contributed by atoms with Gasteiger partial charge >= 0.3 is 0 Å². The summed E-state index contributed by atoms with van der Waals surface area (Å²) in [5, 5.41) is 4.06. The smallest absolute Gasteiger partial charge is 0.0991 e. The molecule has 0 aliphatic rings. The van der Waals surface area contributed by atoms with Crippen LogP contribution in [-0.2, 0) is 0 Å². The van der Waals surface area contributed by atoms with Crippen molar-refractivity contribution in [1.29, 1.82) is 0 Å². The first-order valence-electron chi connectivity index (χ1n) is 4.88. The molecule has 0 aliphatic carbocycles. The molecular formula is C12H12N2OS. The van der Waals surface area contributed by atoms with Gasteiger partial charge in [0.25, 0.3) is 0 Å². The van der Waals surface area contributed by atoms with Crippen LogP contribution in [0.25, 0.3) is 0 Å². The van der Waals surface area contributed by atoms with E-state index >= 15 is 0 Å². The van der Waals surface area contributed by atoms with Gasteiger partial charge in [-0.05, 0) is 25.1 Å². The average molecular weight is 232 g/mol. The molecule has 2 aromatic rings. The van der Waals surface area contributed by atoms with E-state index < -0.39 is 0 Å². The third kappa shape index (κ3) is 3.17. The van der Waals surface area contributed by atoms with Crippen LogP contribution in [0.15, 0.2) is 57.3 Å². The van der Waals surface area contributed by atoms with Gasteiger partial charge in [0.2, 0.25) is 0 Å². The Kier molecular flexibility index (Phi) is 3.66. The monoisotopic (exact) mass is 232 g/mol. The van der Waals surface area contributed by atoms with Gasteiger partial charge in [0, 0.05) is 22.4 Å². The van der Waals surface area contributed by atoms with Crippen LogP contribution < -0.4 is 4.83 Å². The third-order valence-electron chi connectivity index (χ3n) is 1.99. The molecule has 16 heavy (non-hydrogen) atoms. The molecule has 0 amide bonds. The summed E-state index contributed by atoms with van der Waals surface area (Å²) in [6.45, 7) is 2.07. The zero-order chi connectivity index (χ0) is 11.2. The Morgan fingerprint density at radius 1 is 1.25 bits per heavy atom. The molecule has 0 bridgehead atoms. The summed E-state index contributed by atoms with van der Waals surface area (Å²) in [6, 6.07) is 10.1. The van der Waals surface area contributed by atoms with Crippen molar-refractivity contribution in [3.05, 3.63) is 54.0 Å². The SMILES string of the molecule is Cc1ccc(SN/N=C/c2ccoc2)cc1. The Morgan fingerprint density at radius 2 is 2.06 bits per heavy atom. The molecule has 0 radical (unpaired) electrons. The Balaban J connectivity index is 1.82. The number of rotatable bonds is 4. The first-order chi connectivity index (χ1) is 7.84. The number of nitrogens with zero attached hydrogens (tertiary/aromatic N) is 1. The number of furan rings is 1. The summed E-state index contributed by atoms with van der Waals surface area (Å²) < 4.78 is 4.92. The number of hydrazone groups is 1. The lowest BCUT2D eigenvalue weighted by Crippen LogP contribution is -1.92. The van der Waals surface area contributed by atoms with Crippen LogP contribution in [0.3, 0.4) is 0 Å². The quantitative estimate of drug-likeness (QED) is 0.499. The van der Waals surface area contributed by atoms with Gasteiger partial charge in [-0.2, -0.15) is 5.10 Å². The Labute approximate surface area is 98.7 Å². The minimum Gasteiger partial charge on any atom is -0.472 e. The predicted molar refractivity (Wildman–Crippen MR) is 66.5 cm³/mol. The van der Waals surface area contributed by atoms with Crippen LogP contribution in [-0.4, -0.2) is 6.21 Å². The highest BCUT2D eigenvalue weighted by molar-refractivity contribution is 7.97. The second-order valence-electron chi connectivity index (χ2n) is 3.32. The van der Waals surface area contributed by atoms with E-state index in [9.17, 15) is 0 Å². The van der Waals surface area contributed by atoms with Gasteiger partial charge in [-0.3, -0.25) is 0 Å². The summed E-state index contributed by atoms with van der Waals surface area (Å²) in [5.41, 5.74) is 2.20. The van der Waals surface area contributed by atoms with Crippen molar-refractivity contribution in [2.45, 2.75) is 11.8 Å². The number of aryl methyl sites for hydroxylation is 1. The predicted octanol–water partition coefficient (Wildman–Crippen LogP) is 3.22. The Hall–Kier alpha value is -1.68. The fourth-order valence-electron chi connectivity index (χ4n) is 1.13. The molecule has 0 unspecified atom stereocenters. The maximum atomic E-state index is 4.92. The molecule has 82 valence electrons. The molecule has 0 fully saturated rings. The molecule has 0 aliphatic heterocycles. The lowest BCUT2D eigenvalue weighted by atomic mass is 10.2. The van der Waals surface area contributed by atoms with E-state index in [0.29, 0.717) is 0 Å². The maximum absolute atomic E-state index is 4.92. The molecule has 1 aromatic heterocycles. The van der Waals surface area contributed by atoms with Crippen molar-refractivity contribution in [1.82, 2.24) is 4.83 Å². The van der Waals surface area contributed by atoms with Gasteiger partial charge < -0.3 is 4.42 Å². The normalized spacial score (nSPS) is 10.8. The molecule has 0 atom stereocenters. The topological polar surface area (TPSA) is 37.5 Å². The van der Waals surface area contributed by atoms with Gasteiger partial charge in [0.1, 0.15) is 0 Å². The van der Waals surface area contributed by atoms with Crippen LogP contribution in [0.1, 0.15) is 11.1 Å². The summed E-state index contributed by atoms with van der Waals surface area (Å²) in [5.74, 6) is 0. The first kappa shape index (κ1) is 10.8. The van der Waals surface area contributed by atoms with E-state index in [0.717, 1.165) is 10.5 Å². The second-order valence-corrected chi connectivity index (χ2v) is 4.18. The molecular weight excluding hydrogens is 220 g/mol. The van der Waals surface area contributed by atoms with Crippen molar-refractivity contribution in [3.8, 4) is 0 Å². The van der Waals surface area contributed by atoms with Crippen molar-refractivity contribution >= 4 is 18.2 Å². The number of nitrogens with one attached hydrogen (secondary N) is 1. The molecule has 1 aromatic carbocycles. The Morgan fingerprint density at radius 3 is 2.75 bits per heavy atom. The minimum atomic E-state index is 0.942. The molecule has 4 heteroatoms. The van der Waals surface area contributed by atoms with Crippen LogP contribution in [0.5, 0.6) is 0 Å². The van der Waals surface area contributed by atoms with E-state index in [1.54, 1.807) is 18.7 Å². The van der Waals surface area contributed by atoms with Gasteiger partial charge in [0.05, 0.1) is 18.7 Å². The van der Waals surface area contributed by atoms with E-state index in [1.165, 1.54) is 17.5 Å². The zero-order valence-electron chi connectivity index (χ0n) is 8.88. The third-order valence-corrected chi connectivity index (χ3v) is 2.70. The van der Waals surface area contributed by atoms with E-state index in [4.69, 9.17) is 4.42 Å². The highest BCUT2D eigenvalue weighted by Gasteiger charge is 1.91. The lowest BCUT2D eigenvalue weighted by Gasteiger charge is -1.99. The Bertz CT molecular complexity index is 448. The molecule has 1 N–H and O–H groups in total.